The third kappa shape index (κ3) is 5.51. The lowest BCUT2D eigenvalue weighted by Crippen LogP contribution is -2.33. The molecule has 1 unspecified atom stereocenters. The van der Waals surface area contributed by atoms with Crippen molar-refractivity contribution in [3.8, 4) is 0 Å². The number of aryl methyl sites for hydroxylation is 1. The first-order valence-corrected chi connectivity index (χ1v) is 6.97. The molecule has 2 rings (SSSR count). The third-order valence-corrected chi connectivity index (χ3v) is 2.94. The Balaban J connectivity index is 1.86. The molecule has 0 saturated heterocycles. The number of aliphatic carboxylic acids is 1. The fourth-order valence-electron chi connectivity index (χ4n) is 1.98. The summed E-state index contributed by atoms with van der Waals surface area (Å²) in [5, 5.41) is 15.2. The summed E-state index contributed by atoms with van der Waals surface area (Å²) in [6.45, 7) is 1.46. The van der Waals surface area contributed by atoms with Gasteiger partial charge in [-0.15, -0.1) is 0 Å². The molecule has 1 amide bonds. The first-order chi connectivity index (χ1) is 11.0. The minimum absolute atomic E-state index is 0.0171. The Morgan fingerprint density at radius 2 is 2.09 bits per heavy atom. The van der Waals surface area contributed by atoms with Gasteiger partial charge in [0, 0.05) is 0 Å². The van der Waals surface area contributed by atoms with Gasteiger partial charge in [-0.25, -0.2) is 0 Å². The van der Waals surface area contributed by atoms with Gasteiger partial charge in [-0.05, 0) is 12.5 Å². The molecular formula is C15H17N3O5. The smallest absolute Gasteiger partial charge is 0.305 e. The van der Waals surface area contributed by atoms with Gasteiger partial charge >= 0.3 is 5.97 Å². The summed E-state index contributed by atoms with van der Waals surface area (Å²) in [7, 11) is 0. The number of aromatic nitrogens is 2. The minimum Gasteiger partial charge on any atom is -0.481 e. The molecule has 23 heavy (non-hydrogen) atoms. The van der Waals surface area contributed by atoms with E-state index in [2.05, 4.69) is 15.5 Å². The van der Waals surface area contributed by atoms with Crippen LogP contribution in [-0.2, 0) is 20.9 Å². The molecule has 1 heterocycles. The second-order valence-electron chi connectivity index (χ2n) is 4.86. The van der Waals surface area contributed by atoms with Crippen LogP contribution < -0.4 is 5.32 Å². The number of nitrogens with zero attached hydrogens (tertiary/aromatic N) is 2. The predicted molar refractivity (Wildman–Crippen MR) is 78.3 cm³/mol. The van der Waals surface area contributed by atoms with E-state index in [1.807, 2.05) is 6.07 Å². The molecule has 2 N–H and O–H groups in total. The van der Waals surface area contributed by atoms with Gasteiger partial charge in [0.05, 0.1) is 12.5 Å². The first-order valence-electron chi connectivity index (χ1n) is 6.97. The second kappa shape index (κ2) is 8.04. The maximum atomic E-state index is 11.9. The number of carboxylic acids is 1. The van der Waals surface area contributed by atoms with Crippen LogP contribution in [0.25, 0.3) is 0 Å². The summed E-state index contributed by atoms with van der Waals surface area (Å²) < 4.78 is 10.0. The molecule has 0 bridgehead atoms. The quantitative estimate of drug-likeness (QED) is 0.752. The van der Waals surface area contributed by atoms with Crippen molar-refractivity contribution in [2.24, 2.45) is 0 Å². The van der Waals surface area contributed by atoms with Crippen LogP contribution in [0.2, 0.25) is 0 Å². The average Bonchev–Trinajstić information content (AvgIpc) is 2.92. The number of hydrogen-bond acceptors (Lipinski definition) is 6. The van der Waals surface area contributed by atoms with Gasteiger partial charge in [-0.3, -0.25) is 9.59 Å². The third-order valence-electron chi connectivity index (χ3n) is 2.94. The SMILES string of the molecule is Cc1noc(COCC(=O)NC(CC(=O)O)c2ccccc2)n1. The molecule has 0 saturated carbocycles. The highest BCUT2D eigenvalue weighted by molar-refractivity contribution is 5.78. The molecule has 1 atom stereocenters. The Labute approximate surface area is 132 Å². The zero-order valence-electron chi connectivity index (χ0n) is 12.6. The average molecular weight is 319 g/mol. The van der Waals surface area contributed by atoms with E-state index in [4.69, 9.17) is 14.4 Å². The number of carbonyl (C=O) groups excluding carboxylic acids is 1. The summed E-state index contributed by atoms with van der Waals surface area (Å²) in [6.07, 6.45) is -0.210. The summed E-state index contributed by atoms with van der Waals surface area (Å²) >= 11 is 0. The Morgan fingerprint density at radius 3 is 2.70 bits per heavy atom. The van der Waals surface area contributed by atoms with Crippen LogP contribution in [-0.4, -0.2) is 33.7 Å². The molecule has 122 valence electrons. The van der Waals surface area contributed by atoms with E-state index in [0.29, 0.717) is 5.82 Å². The second-order valence-corrected chi connectivity index (χ2v) is 4.86. The molecule has 0 radical (unpaired) electrons. The summed E-state index contributed by atoms with van der Waals surface area (Å²) in [5.41, 5.74) is 0.718. The van der Waals surface area contributed by atoms with Gasteiger partial charge in [-0.1, -0.05) is 35.5 Å². The van der Waals surface area contributed by atoms with Gasteiger partial charge < -0.3 is 19.7 Å². The lowest BCUT2D eigenvalue weighted by Gasteiger charge is -2.17. The number of benzene rings is 1. The van der Waals surface area contributed by atoms with E-state index in [1.165, 1.54) is 0 Å². The van der Waals surface area contributed by atoms with Crippen LogP contribution in [0.1, 0.15) is 29.7 Å². The van der Waals surface area contributed by atoms with Gasteiger partial charge in [0.2, 0.25) is 5.91 Å². The maximum Gasteiger partial charge on any atom is 0.305 e. The molecule has 2 aromatic rings. The Morgan fingerprint density at radius 1 is 1.35 bits per heavy atom. The molecule has 0 aliphatic carbocycles. The van der Waals surface area contributed by atoms with Crippen LogP contribution in [0.3, 0.4) is 0 Å². The fraction of sp³-hybridized carbons (Fsp3) is 0.333. The molecule has 0 aliphatic rings. The summed E-state index contributed by atoms with van der Waals surface area (Å²) in [5.74, 6) is -0.656. The number of hydrogen-bond donors (Lipinski definition) is 2. The summed E-state index contributed by atoms with van der Waals surface area (Å²) in [4.78, 5) is 26.8. The Kier molecular flexibility index (Phi) is 5.81. The van der Waals surface area contributed by atoms with Crippen molar-refractivity contribution in [2.75, 3.05) is 6.61 Å². The first kappa shape index (κ1) is 16.6. The van der Waals surface area contributed by atoms with Crippen molar-refractivity contribution >= 4 is 11.9 Å². The van der Waals surface area contributed by atoms with E-state index >= 15 is 0 Å². The standard InChI is InChI=1S/C15H17N3O5/c1-10-16-14(23-18-10)9-22-8-13(19)17-12(7-15(20)21)11-5-3-2-4-6-11/h2-6,12H,7-9H2,1H3,(H,17,19)(H,20,21). The fourth-order valence-corrected chi connectivity index (χ4v) is 1.98. The summed E-state index contributed by atoms with van der Waals surface area (Å²) in [6, 6.07) is 8.29. The van der Waals surface area contributed by atoms with Crippen molar-refractivity contribution in [1.82, 2.24) is 15.5 Å². The van der Waals surface area contributed by atoms with E-state index in [0.717, 1.165) is 5.56 Å². The number of amides is 1. The number of ether oxygens (including phenoxy) is 1. The lowest BCUT2D eigenvalue weighted by atomic mass is 10.0. The minimum atomic E-state index is -0.999. The number of rotatable bonds is 8. The van der Waals surface area contributed by atoms with E-state index < -0.39 is 17.9 Å². The molecule has 1 aromatic carbocycles. The van der Waals surface area contributed by atoms with Crippen LogP contribution in [0, 0.1) is 6.92 Å². The van der Waals surface area contributed by atoms with Crippen LogP contribution in [0.5, 0.6) is 0 Å². The Bertz CT molecular complexity index is 656. The predicted octanol–water partition coefficient (Wildman–Crippen LogP) is 1.23. The van der Waals surface area contributed by atoms with E-state index in [-0.39, 0.29) is 25.5 Å². The van der Waals surface area contributed by atoms with Gasteiger partial charge in [0.15, 0.2) is 5.82 Å². The number of carbonyl (C=O) groups is 2. The van der Waals surface area contributed by atoms with Gasteiger partial charge in [0.25, 0.3) is 5.89 Å². The maximum absolute atomic E-state index is 11.9. The van der Waals surface area contributed by atoms with Crippen molar-refractivity contribution in [2.45, 2.75) is 26.0 Å². The largest absolute Gasteiger partial charge is 0.481 e. The zero-order valence-corrected chi connectivity index (χ0v) is 12.6. The monoisotopic (exact) mass is 319 g/mol. The molecule has 0 aliphatic heterocycles. The molecular weight excluding hydrogens is 302 g/mol. The van der Waals surface area contributed by atoms with E-state index in [9.17, 15) is 9.59 Å². The van der Waals surface area contributed by atoms with E-state index in [1.54, 1.807) is 31.2 Å². The normalized spacial score (nSPS) is 11.9. The molecule has 0 spiro atoms. The zero-order chi connectivity index (χ0) is 16.7. The highest BCUT2D eigenvalue weighted by atomic mass is 16.5. The number of carboxylic acid groups (broad SMARTS) is 1. The Hall–Kier alpha value is -2.74. The topological polar surface area (TPSA) is 115 Å². The molecule has 1 aromatic heterocycles. The molecule has 8 heteroatoms. The van der Waals surface area contributed by atoms with Crippen LogP contribution in [0.4, 0.5) is 0 Å². The highest BCUT2D eigenvalue weighted by Crippen LogP contribution is 2.16. The molecule has 0 fully saturated rings. The lowest BCUT2D eigenvalue weighted by molar-refractivity contribution is -0.138. The van der Waals surface area contributed by atoms with Crippen molar-refractivity contribution in [1.29, 1.82) is 0 Å². The van der Waals surface area contributed by atoms with Crippen molar-refractivity contribution in [3.63, 3.8) is 0 Å². The highest BCUT2D eigenvalue weighted by Gasteiger charge is 2.18. The number of nitrogens with one attached hydrogen (secondary N) is 1. The van der Waals surface area contributed by atoms with Crippen molar-refractivity contribution in [3.05, 3.63) is 47.6 Å². The van der Waals surface area contributed by atoms with Gasteiger partial charge in [0.1, 0.15) is 13.2 Å². The van der Waals surface area contributed by atoms with Crippen molar-refractivity contribution < 1.29 is 24.0 Å². The van der Waals surface area contributed by atoms with Gasteiger partial charge in [-0.2, -0.15) is 4.98 Å². The van der Waals surface area contributed by atoms with Crippen LogP contribution >= 0.6 is 0 Å². The molecule has 8 nitrogen and oxygen atoms in total. The van der Waals surface area contributed by atoms with Crippen LogP contribution in [0.15, 0.2) is 34.9 Å².